The van der Waals surface area contributed by atoms with Crippen LogP contribution >= 0.6 is 11.8 Å². The number of nitrogens with one attached hydrogen (secondary N) is 3. The second-order valence-corrected chi connectivity index (χ2v) is 27.0. The maximum Gasteiger partial charge on any atom is 0.408 e. The minimum atomic E-state index is -1.56. The molecule has 402 valence electrons. The summed E-state index contributed by atoms with van der Waals surface area (Å²) >= 11 is 0.956. The highest BCUT2D eigenvalue weighted by atomic mass is 32.2. The smallest absolute Gasteiger partial charge is 0.408 e. The normalized spacial score (nSPS) is 12.6. The molecule has 5 aromatic rings. The average molecular weight is 1070 g/mol. The molecule has 0 saturated carbocycles. The van der Waals surface area contributed by atoms with Crippen LogP contribution in [0.15, 0.2) is 121 Å². The van der Waals surface area contributed by atoms with Gasteiger partial charge >= 0.3 is 24.1 Å². The molecule has 1 heterocycles. The van der Waals surface area contributed by atoms with Crippen molar-refractivity contribution in [3.05, 3.63) is 155 Å². The van der Waals surface area contributed by atoms with Gasteiger partial charge in [0.2, 0.25) is 11.8 Å². The fraction of sp³-hybridized carbons (Fsp3) is 0.393. The molecular weight excluding hydrogens is 1000 g/mol. The van der Waals surface area contributed by atoms with Crippen molar-refractivity contribution in [2.45, 2.75) is 104 Å². The largest absolute Gasteiger partial charge is 0.480 e. The van der Waals surface area contributed by atoms with Crippen LogP contribution in [-0.4, -0.2) is 102 Å². The number of aliphatic carboxylic acids is 1. The van der Waals surface area contributed by atoms with Crippen molar-refractivity contribution in [2.75, 3.05) is 31.2 Å². The number of carboxylic acids is 1. The van der Waals surface area contributed by atoms with Crippen molar-refractivity contribution in [1.82, 2.24) is 25.4 Å². The molecule has 0 aliphatic rings. The van der Waals surface area contributed by atoms with Crippen molar-refractivity contribution in [1.29, 1.82) is 0 Å². The molecule has 0 unspecified atom stereocenters. The van der Waals surface area contributed by atoms with Crippen molar-refractivity contribution >= 4 is 55.8 Å². The Bertz CT molecular complexity index is 2670. The number of alkyl carbamates (subject to hydrolysis) is 2. The van der Waals surface area contributed by atoms with E-state index < -0.39 is 79.2 Å². The van der Waals surface area contributed by atoms with Gasteiger partial charge in [0.1, 0.15) is 36.9 Å². The van der Waals surface area contributed by atoms with Gasteiger partial charge in [-0.2, -0.15) is 0 Å². The first-order chi connectivity index (χ1) is 35.7. The summed E-state index contributed by atoms with van der Waals surface area (Å²) in [5, 5.41) is 18.1. The molecule has 5 rings (SSSR count). The van der Waals surface area contributed by atoms with Gasteiger partial charge in [-0.25, -0.2) is 23.2 Å². The molecule has 4 N–H and O–H groups in total. The number of amides is 4. The Hall–Kier alpha value is -6.99. The number of thioether (sulfide) groups is 1. The molecule has 75 heavy (non-hydrogen) atoms. The SMILES string of the molecule is CC(C)(C)[C@H](c1cc(-c2cc(F)ccc2F)cn1Cc1ccccc1)N(CCCNC(=O)OCC[Si](C)(C)C)C(=O)CSC[C@H](NC(=O)[C@H](CCC(=O)OCc1ccccc1)NC(=O)OCc1ccccc1)C(=O)O. The molecule has 0 radical (unpaired) electrons. The van der Waals surface area contributed by atoms with Gasteiger partial charge in [0.25, 0.3) is 0 Å². The highest BCUT2D eigenvalue weighted by Crippen LogP contribution is 2.41. The quantitative estimate of drug-likeness (QED) is 0.0169. The Labute approximate surface area is 443 Å². The van der Waals surface area contributed by atoms with E-state index in [4.69, 9.17) is 14.2 Å². The minimum absolute atomic E-state index is 0.0190. The fourth-order valence-electron chi connectivity index (χ4n) is 7.99. The second-order valence-electron chi connectivity index (χ2n) is 20.3. The van der Waals surface area contributed by atoms with Gasteiger partial charge < -0.3 is 44.7 Å². The zero-order valence-corrected chi connectivity index (χ0v) is 45.3. The number of benzene rings is 4. The first kappa shape index (κ1) is 58.9. The number of esters is 1. The van der Waals surface area contributed by atoms with Gasteiger partial charge in [0, 0.05) is 62.9 Å². The topological polar surface area (TPSA) is 195 Å². The van der Waals surface area contributed by atoms with Crippen LogP contribution in [0.3, 0.4) is 0 Å². The van der Waals surface area contributed by atoms with Crippen molar-refractivity contribution in [2.24, 2.45) is 5.41 Å². The standard InChI is InChI=1S/C56H69F2N5O10SSi/c1-56(2,3)51(48-31-42(44-32-43(57)23-24-45(44)58)34-62(48)33-39-17-10-7-11-18-39)63(28-16-27-59-54(69)71-29-30-75(4,5)6)49(64)38-74-37-47(53(67)68)60-52(66)46(61-55(70)73-36-41-21-14-9-15-22-41)25-26-50(65)72-35-40-19-12-8-13-20-40/h7-15,17-24,31-32,34,46-47,51H,16,25-30,33,35-38H2,1-6H3,(H,59,69)(H,60,66)(H,61,70)(H,67,68)/t46-,47-,51-/m0/s1. The summed E-state index contributed by atoms with van der Waals surface area (Å²) < 4.78 is 48.1. The van der Waals surface area contributed by atoms with Crippen LogP contribution in [0.4, 0.5) is 18.4 Å². The Kier molecular flexibility index (Phi) is 22.5. The number of hydrogen-bond donors (Lipinski definition) is 4. The molecule has 4 aromatic carbocycles. The lowest BCUT2D eigenvalue weighted by molar-refractivity contribution is -0.145. The Morgan fingerprint density at radius 2 is 1.37 bits per heavy atom. The van der Waals surface area contributed by atoms with Crippen LogP contribution in [0.1, 0.15) is 68.5 Å². The first-order valence-electron chi connectivity index (χ1n) is 24.8. The predicted molar refractivity (Wildman–Crippen MR) is 287 cm³/mol. The number of halogens is 2. The monoisotopic (exact) mass is 1070 g/mol. The van der Waals surface area contributed by atoms with Crippen molar-refractivity contribution in [3.63, 3.8) is 0 Å². The van der Waals surface area contributed by atoms with E-state index in [-0.39, 0.29) is 69.2 Å². The Balaban J connectivity index is 1.37. The summed E-state index contributed by atoms with van der Waals surface area (Å²) in [7, 11) is -1.47. The third-order valence-corrected chi connectivity index (χ3v) is 14.6. The van der Waals surface area contributed by atoms with Gasteiger partial charge in [-0.3, -0.25) is 14.4 Å². The van der Waals surface area contributed by atoms with E-state index in [9.17, 15) is 38.3 Å². The number of nitrogens with zero attached hydrogens (tertiary/aromatic N) is 2. The molecule has 0 bridgehead atoms. The number of rotatable bonds is 27. The molecule has 0 aliphatic carbocycles. The molecule has 0 aliphatic heterocycles. The number of carbonyl (C=O) groups is 6. The highest BCUT2D eigenvalue weighted by Gasteiger charge is 2.38. The van der Waals surface area contributed by atoms with E-state index in [1.54, 1.807) is 71.8 Å². The van der Waals surface area contributed by atoms with Crippen LogP contribution in [0.2, 0.25) is 25.7 Å². The van der Waals surface area contributed by atoms with E-state index in [0.29, 0.717) is 23.4 Å². The van der Waals surface area contributed by atoms with Crippen molar-refractivity contribution < 1.29 is 56.9 Å². The maximum absolute atomic E-state index is 15.4. The van der Waals surface area contributed by atoms with E-state index in [1.807, 2.05) is 61.7 Å². The molecule has 0 spiro atoms. The van der Waals surface area contributed by atoms with Crippen LogP contribution < -0.4 is 16.0 Å². The first-order valence-corrected chi connectivity index (χ1v) is 29.7. The zero-order chi connectivity index (χ0) is 54.5. The van der Waals surface area contributed by atoms with Crippen LogP contribution in [0, 0.1) is 17.0 Å². The summed E-state index contributed by atoms with van der Waals surface area (Å²) in [5.74, 6) is -5.20. The number of carbonyl (C=O) groups excluding carboxylic acids is 5. The van der Waals surface area contributed by atoms with Crippen LogP contribution in [0.25, 0.3) is 11.1 Å². The molecule has 15 nitrogen and oxygen atoms in total. The molecular formula is C56H69F2N5O10SSi. The second kappa shape index (κ2) is 28.6. The summed E-state index contributed by atoms with van der Waals surface area (Å²) in [5.41, 5.74) is 2.66. The molecule has 1 aromatic heterocycles. The van der Waals surface area contributed by atoms with E-state index in [0.717, 1.165) is 47.1 Å². The molecule has 19 heteroatoms. The van der Waals surface area contributed by atoms with Gasteiger partial charge in [0.05, 0.1) is 18.4 Å². The van der Waals surface area contributed by atoms with Crippen LogP contribution in [-0.2, 0) is 53.1 Å². The highest BCUT2D eigenvalue weighted by molar-refractivity contribution is 8.00. The lowest BCUT2D eigenvalue weighted by atomic mass is 9.83. The fourth-order valence-corrected chi connectivity index (χ4v) is 9.63. The van der Waals surface area contributed by atoms with Gasteiger partial charge in [0.15, 0.2) is 0 Å². The Morgan fingerprint density at radius 3 is 1.97 bits per heavy atom. The minimum Gasteiger partial charge on any atom is -0.480 e. The number of carboxylic acid groups (broad SMARTS) is 1. The lowest BCUT2D eigenvalue weighted by Gasteiger charge is -2.41. The van der Waals surface area contributed by atoms with Crippen molar-refractivity contribution in [3.8, 4) is 11.1 Å². The predicted octanol–water partition coefficient (Wildman–Crippen LogP) is 9.97. The lowest BCUT2D eigenvalue weighted by Crippen LogP contribution is -2.52. The Morgan fingerprint density at radius 1 is 0.760 bits per heavy atom. The van der Waals surface area contributed by atoms with E-state index in [2.05, 4.69) is 35.6 Å². The molecule has 4 amide bonds. The summed E-state index contributed by atoms with van der Waals surface area (Å²) in [6.07, 6.45) is -0.114. The molecule has 0 saturated heterocycles. The number of ether oxygens (including phenoxy) is 3. The van der Waals surface area contributed by atoms with Gasteiger partial charge in [-0.15, -0.1) is 11.8 Å². The third kappa shape index (κ3) is 20.0. The average Bonchev–Trinajstić information content (AvgIpc) is 3.77. The van der Waals surface area contributed by atoms with Gasteiger partial charge in [-0.05, 0) is 65.3 Å². The summed E-state index contributed by atoms with van der Waals surface area (Å²) in [6.45, 7) is 13.1. The van der Waals surface area contributed by atoms with Gasteiger partial charge in [-0.1, -0.05) is 131 Å². The van der Waals surface area contributed by atoms with Crippen LogP contribution in [0.5, 0.6) is 0 Å². The maximum atomic E-state index is 15.4. The summed E-state index contributed by atoms with van der Waals surface area (Å²) in [4.78, 5) is 81.6. The summed E-state index contributed by atoms with van der Waals surface area (Å²) in [6, 6.07) is 29.4. The number of hydrogen-bond acceptors (Lipinski definition) is 10. The molecule has 3 atom stereocenters. The number of aromatic nitrogens is 1. The van der Waals surface area contributed by atoms with E-state index >= 15 is 4.39 Å². The molecule has 0 fully saturated rings. The van der Waals surface area contributed by atoms with E-state index in [1.165, 1.54) is 0 Å². The third-order valence-electron chi connectivity index (χ3n) is 11.9. The zero-order valence-electron chi connectivity index (χ0n) is 43.4.